The average Bonchev–Trinajstić information content (AvgIpc) is 2.48. The summed E-state index contributed by atoms with van der Waals surface area (Å²) in [6.07, 6.45) is 3.68. The molecule has 0 saturated carbocycles. The molecule has 1 fully saturated rings. The molecular weight excluding hydrogens is 290 g/mol. The number of aliphatic carboxylic acids is 1. The number of carboxylic acid groups (broad SMARTS) is 1. The molecule has 0 amide bonds. The lowest BCUT2D eigenvalue weighted by molar-refractivity contribution is -0.137. The topological polar surface area (TPSA) is 56.1 Å². The third-order valence-corrected chi connectivity index (χ3v) is 4.30. The summed E-state index contributed by atoms with van der Waals surface area (Å²) in [5, 5.41) is 9.23. The smallest absolute Gasteiger partial charge is 0.323 e. The van der Waals surface area contributed by atoms with Crippen molar-refractivity contribution < 1.29 is 9.90 Å². The van der Waals surface area contributed by atoms with E-state index in [4.69, 9.17) is 16.7 Å². The minimum Gasteiger partial charge on any atom is -0.480 e. The van der Waals surface area contributed by atoms with Crippen LogP contribution in [0.5, 0.6) is 0 Å². The van der Waals surface area contributed by atoms with E-state index in [1.807, 2.05) is 12.1 Å². The number of carbonyl (C=O) groups is 1. The Bertz CT molecular complexity index is 582. The van der Waals surface area contributed by atoms with E-state index in [2.05, 4.69) is 16.0 Å². The van der Waals surface area contributed by atoms with Gasteiger partial charge < -0.3 is 14.9 Å². The van der Waals surface area contributed by atoms with Gasteiger partial charge in [0, 0.05) is 24.3 Å². The molecule has 0 aliphatic carbocycles. The predicted molar refractivity (Wildman–Crippen MR) is 83.5 cm³/mol. The lowest BCUT2D eigenvalue weighted by Gasteiger charge is -2.34. The van der Waals surface area contributed by atoms with Gasteiger partial charge in [0.05, 0.1) is 12.2 Å². The zero-order chi connectivity index (χ0) is 14.8. The van der Waals surface area contributed by atoms with E-state index in [0.717, 1.165) is 30.0 Å². The first-order valence-electron chi connectivity index (χ1n) is 7.23. The lowest BCUT2D eigenvalue weighted by atomic mass is 10.0. The van der Waals surface area contributed by atoms with Gasteiger partial charge in [-0.1, -0.05) is 6.07 Å². The number of piperidine rings is 1. The van der Waals surface area contributed by atoms with Crippen LogP contribution in [0, 0.1) is 0 Å². The molecule has 1 N–H and O–H groups in total. The number of hydrogen-bond acceptors (Lipinski definition) is 4. The van der Waals surface area contributed by atoms with Crippen molar-refractivity contribution in [3.63, 3.8) is 0 Å². The van der Waals surface area contributed by atoms with Crippen LogP contribution in [0.15, 0.2) is 23.2 Å². The van der Waals surface area contributed by atoms with Crippen LogP contribution in [-0.4, -0.2) is 40.9 Å². The largest absolute Gasteiger partial charge is 0.480 e. The number of anilines is 1. The summed E-state index contributed by atoms with van der Waals surface area (Å²) in [6.45, 7) is 2.46. The van der Waals surface area contributed by atoms with Gasteiger partial charge in [-0.2, -0.15) is 0 Å². The van der Waals surface area contributed by atoms with Gasteiger partial charge in [-0.05, 0) is 43.0 Å². The molecule has 0 unspecified atom stereocenters. The summed E-state index contributed by atoms with van der Waals surface area (Å²) in [4.78, 5) is 19.3. The molecule has 1 aromatic rings. The minimum atomic E-state index is -0.901. The molecule has 2 aliphatic heterocycles. The zero-order valence-corrected chi connectivity index (χ0v) is 12.5. The van der Waals surface area contributed by atoms with Gasteiger partial charge >= 0.3 is 5.97 Å². The van der Waals surface area contributed by atoms with Crippen molar-refractivity contribution in [1.82, 2.24) is 4.90 Å². The normalized spacial score (nSPS) is 18.2. The second kappa shape index (κ2) is 5.93. The summed E-state index contributed by atoms with van der Waals surface area (Å²) in [5.41, 5.74) is 3.09. The molecule has 0 atom stereocenters. The van der Waals surface area contributed by atoms with Gasteiger partial charge in [-0.15, -0.1) is 0 Å². The Morgan fingerprint density at radius 1 is 1.29 bits per heavy atom. The van der Waals surface area contributed by atoms with E-state index >= 15 is 0 Å². The summed E-state index contributed by atoms with van der Waals surface area (Å²) >= 11 is 6.09. The van der Waals surface area contributed by atoms with E-state index in [9.17, 15) is 4.79 Å². The van der Waals surface area contributed by atoms with E-state index in [1.54, 1.807) is 4.90 Å². The molecule has 1 saturated heterocycles. The van der Waals surface area contributed by atoms with Crippen molar-refractivity contribution in [2.24, 2.45) is 4.99 Å². The molecule has 5 nitrogen and oxygen atoms in total. The number of halogens is 1. The predicted octanol–water partition coefficient (Wildman–Crippen LogP) is 2.80. The third-order valence-electron chi connectivity index (χ3n) is 3.97. The van der Waals surface area contributed by atoms with Crippen LogP contribution in [0.1, 0.15) is 24.8 Å². The SMILES string of the molecule is O=C(O)CN1Cc2c(cccc2N2CCCCC2)N=C1Cl. The molecule has 6 heteroatoms. The van der Waals surface area contributed by atoms with E-state index in [0.29, 0.717) is 6.54 Å². The van der Waals surface area contributed by atoms with Gasteiger partial charge in [-0.3, -0.25) is 4.79 Å². The Hall–Kier alpha value is -1.75. The van der Waals surface area contributed by atoms with Gasteiger partial charge in [-0.25, -0.2) is 4.99 Å². The van der Waals surface area contributed by atoms with Crippen LogP contribution < -0.4 is 4.90 Å². The number of amidine groups is 1. The maximum Gasteiger partial charge on any atom is 0.323 e. The molecule has 1 aromatic carbocycles. The number of nitrogens with zero attached hydrogens (tertiary/aromatic N) is 3. The fraction of sp³-hybridized carbons (Fsp3) is 0.467. The fourth-order valence-corrected chi connectivity index (χ4v) is 3.18. The zero-order valence-electron chi connectivity index (χ0n) is 11.8. The second-order valence-electron chi connectivity index (χ2n) is 5.45. The van der Waals surface area contributed by atoms with Gasteiger partial charge in [0.25, 0.3) is 0 Å². The first kappa shape index (κ1) is 14.2. The standard InChI is InChI=1S/C15H18ClN3O2/c16-15-17-12-5-4-6-13(18-7-2-1-3-8-18)11(12)9-19(15)10-14(20)21/h4-6H,1-3,7-10H2,(H,20,21). The van der Waals surface area contributed by atoms with Crippen molar-refractivity contribution in [2.75, 3.05) is 24.5 Å². The summed E-state index contributed by atoms with van der Waals surface area (Å²) in [5.74, 6) is -0.901. The first-order valence-corrected chi connectivity index (χ1v) is 7.61. The number of fused-ring (bicyclic) bond motifs is 1. The van der Waals surface area contributed by atoms with Crippen LogP contribution >= 0.6 is 11.6 Å². The van der Waals surface area contributed by atoms with Gasteiger partial charge in [0.15, 0.2) is 5.29 Å². The average molecular weight is 308 g/mol. The fourth-order valence-electron chi connectivity index (χ4n) is 2.97. The maximum atomic E-state index is 10.9. The molecule has 0 aromatic heterocycles. The Morgan fingerprint density at radius 2 is 2.05 bits per heavy atom. The van der Waals surface area contributed by atoms with Crippen molar-refractivity contribution in [3.05, 3.63) is 23.8 Å². The number of aliphatic imine (C=N–C) groups is 1. The Balaban J connectivity index is 1.93. The highest BCUT2D eigenvalue weighted by molar-refractivity contribution is 6.65. The highest BCUT2D eigenvalue weighted by atomic mass is 35.5. The molecule has 0 spiro atoms. The van der Waals surface area contributed by atoms with E-state index in [-0.39, 0.29) is 11.8 Å². The van der Waals surface area contributed by atoms with Crippen molar-refractivity contribution in [1.29, 1.82) is 0 Å². The lowest BCUT2D eigenvalue weighted by Crippen LogP contribution is -2.36. The van der Waals surface area contributed by atoms with Gasteiger partial charge in [0.1, 0.15) is 6.54 Å². The van der Waals surface area contributed by atoms with E-state index < -0.39 is 5.97 Å². The molecule has 2 aliphatic rings. The molecule has 2 heterocycles. The van der Waals surface area contributed by atoms with Crippen molar-refractivity contribution in [3.8, 4) is 0 Å². The summed E-state index contributed by atoms with van der Waals surface area (Å²) in [6, 6.07) is 6.02. The molecule has 3 rings (SSSR count). The molecule has 21 heavy (non-hydrogen) atoms. The van der Waals surface area contributed by atoms with Gasteiger partial charge in [0.2, 0.25) is 0 Å². The molecule has 0 radical (unpaired) electrons. The monoisotopic (exact) mass is 307 g/mol. The van der Waals surface area contributed by atoms with Crippen LogP contribution in [0.2, 0.25) is 0 Å². The quantitative estimate of drug-likeness (QED) is 0.872. The van der Waals surface area contributed by atoms with Crippen LogP contribution in [-0.2, 0) is 11.3 Å². The number of rotatable bonds is 3. The minimum absolute atomic E-state index is 0.129. The van der Waals surface area contributed by atoms with Crippen LogP contribution in [0.3, 0.4) is 0 Å². The Kier molecular flexibility index (Phi) is 4.01. The number of carboxylic acids is 1. The number of benzene rings is 1. The maximum absolute atomic E-state index is 10.9. The second-order valence-corrected chi connectivity index (χ2v) is 5.79. The van der Waals surface area contributed by atoms with Crippen molar-refractivity contribution >= 4 is 34.2 Å². The first-order chi connectivity index (χ1) is 10.1. The summed E-state index contributed by atoms with van der Waals surface area (Å²) in [7, 11) is 0. The highest BCUT2D eigenvalue weighted by Crippen LogP contribution is 2.35. The van der Waals surface area contributed by atoms with E-state index in [1.165, 1.54) is 19.3 Å². The molecule has 0 bridgehead atoms. The number of hydrogen-bond donors (Lipinski definition) is 1. The Labute approximate surface area is 128 Å². The van der Waals surface area contributed by atoms with Crippen molar-refractivity contribution in [2.45, 2.75) is 25.8 Å². The molecule has 112 valence electrons. The van der Waals surface area contributed by atoms with Crippen LogP contribution in [0.4, 0.5) is 11.4 Å². The third kappa shape index (κ3) is 2.97. The summed E-state index contributed by atoms with van der Waals surface area (Å²) < 4.78 is 0. The molecular formula is C15H18ClN3O2. The highest BCUT2D eigenvalue weighted by Gasteiger charge is 2.24. The Morgan fingerprint density at radius 3 is 2.76 bits per heavy atom. The van der Waals surface area contributed by atoms with Crippen LogP contribution in [0.25, 0.3) is 0 Å².